The summed E-state index contributed by atoms with van der Waals surface area (Å²) in [4.78, 5) is 19.9. The largest absolute Gasteiger partial charge is 0.478 e. The summed E-state index contributed by atoms with van der Waals surface area (Å²) in [5.41, 5.74) is 5.33. The van der Waals surface area contributed by atoms with Crippen LogP contribution in [-0.2, 0) is 22.7 Å². The van der Waals surface area contributed by atoms with E-state index in [1.54, 1.807) is 19.4 Å². The molecule has 3 aromatic heterocycles. The highest BCUT2D eigenvalue weighted by Gasteiger charge is 2.18. The summed E-state index contributed by atoms with van der Waals surface area (Å²) in [6.45, 7) is 5.03. The van der Waals surface area contributed by atoms with Crippen LogP contribution < -0.4 is 0 Å². The molecular weight excluding hydrogens is 356 g/mol. The fourth-order valence-corrected chi connectivity index (χ4v) is 3.10. The first-order valence-electron chi connectivity index (χ1n) is 8.92. The summed E-state index contributed by atoms with van der Waals surface area (Å²) in [6.07, 6.45) is 11.5. The number of carbonyl (C=O) groups is 1. The first kappa shape index (κ1) is 19.4. The maximum absolute atomic E-state index is 10.7. The smallest absolute Gasteiger partial charge is 0.328 e. The number of ether oxygens (including phenoxy) is 1. The van der Waals surface area contributed by atoms with Crippen molar-refractivity contribution in [1.29, 1.82) is 0 Å². The van der Waals surface area contributed by atoms with Gasteiger partial charge in [0.25, 0.3) is 0 Å². The Morgan fingerprint density at radius 3 is 2.79 bits per heavy atom. The van der Waals surface area contributed by atoms with E-state index in [1.165, 1.54) is 6.08 Å². The molecule has 1 N–H and O–H groups in total. The maximum atomic E-state index is 10.7. The zero-order valence-corrected chi connectivity index (χ0v) is 16.1. The van der Waals surface area contributed by atoms with Crippen molar-refractivity contribution in [2.75, 3.05) is 7.11 Å². The zero-order valence-electron chi connectivity index (χ0n) is 16.1. The Bertz CT molecular complexity index is 1070. The van der Waals surface area contributed by atoms with E-state index in [-0.39, 0.29) is 0 Å². The Hall–Kier alpha value is -3.32. The van der Waals surface area contributed by atoms with Crippen LogP contribution in [0.15, 0.2) is 42.9 Å². The molecule has 0 bridgehead atoms. The summed E-state index contributed by atoms with van der Waals surface area (Å²) in [5.74, 6) is -0.998. The van der Waals surface area contributed by atoms with Crippen molar-refractivity contribution in [2.24, 2.45) is 0 Å². The minimum Gasteiger partial charge on any atom is -0.478 e. The van der Waals surface area contributed by atoms with E-state index in [0.29, 0.717) is 13.2 Å². The van der Waals surface area contributed by atoms with Crippen molar-refractivity contribution >= 4 is 23.1 Å². The van der Waals surface area contributed by atoms with Crippen molar-refractivity contribution in [3.8, 4) is 11.1 Å². The lowest BCUT2D eigenvalue weighted by atomic mass is 9.96. The van der Waals surface area contributed by atoms with E-state index in [0.717, 1.165) is 45.1 Å². The molecule has 0 fully saturated rings. The van der Waals surface area contributed by atoms with Crippen LogP contribution in [0.25, 0.3) is 28.2 Å². The molecular formula is C21H22N4O3. The maximum Gasteiger partial charge on any atom is 0.328 e. The van der Waals surface area contributed by atoms with Crippen molar-refractivity contribution in [1.82, 2.24) is 19.7 Å². The number of hydrogen-bond acceptors (Lipinski definition) is 5. The van der Waals surface area contributed by atoms with Gasteiger partial charge in [-0.25, -0.2) is 14.5 Å². The highest BCUT2D eigenvalue weighted by Crippen LogP contribution is 2.34. The van der Waals surface area contributed by atoms with Gasteiger partial charge >= 0.3 is 5.97 Å². The van der Waals surface area contributed by atoms with Crippen LogP contribution in [0, 0.1) is 6.92 Å². The quantitative estimate of drug-likeness (QED) is 0.499. The minimum atomic E-state index is -0.998. The number of nitrogens with zero attached hydrogens (tertiary/aromatic N) is 4. The molecule has 28 heavy (non-hydrogen) atoms. The van der Waals surface area contributed by atoms with E-state index in [9.17, 15) is 4.79 Å². The second-order valence-corrected chi connectivity index (χ2v) is 6.29. The number of fused-ring (bicyclic) bond motifs is 1. The number of methoxy groups -OCH3 is 1. The summed E-state index contributed by atoms with van der Waals surface area (Å²) < 4.78 is 7.22. The summed E-state index contributed by atoms with van der Waals surface area (Å²) >= 11 is 0. The molecule has 3 rings (SSSR count). The van der Waals surface area contributed by atoms with E-state index < -0.39 is 5.97 Å². The lowest BCUT2D eigenvalue weighted by Gasteiger charge is -2.14. The van der Waals surface area contributed by atoms with Gasteiger partial charge in [0.1, 0.15) is 0 Å². The van der Waals surface area contributed by atoms with Crippen LogP contribution in [0.1, 0.15) is 23.7 Å². The molecule has 7 nitrogen and oxygen atoms in total. The second kappa shape index (κ2) is 8.58. The molecule has 3 aromatic rings. The molecule has 0 aliphatic rings. The van der Waals surface area contributed by atoms with Gasteiger partial charge in [-0.05, 0) is 25.5 Å². The second-order valence-electron chi connectivity index (χ2n) is 6.29. The first-order valence-corrected chi connectivity index (χ1v) is 8.92. The molecule has 0 aliphatic heterocycles. The van der Waals surface area contributed by atoms with E-state index >= 15 is 0 Å². The number of pyridine rings is 2. The van der Waals surface area contributed by atoms with Gasteiger partial charge in [-0.1, -0.05) is 18.2 Å². The van der Waals surface area contributed by atoms with Crippen molar-refractivity contribution < 1.29 is 14.6 Å². The fraction of sp³-hybridized carbons (Fsp3) is 0.238. The van der Waals surface area contributed by atoms with E-state index in [1.807, 2.05) is 37.0 Å². The van der Waals surface area contributed by atoms with Crippen LogP contribution in [0.5, 0.6) is 0 Å². The summed E-state index contributed by atoms with van der Waals surface area (Å²) in [6, 6.07) is 2.06. The molecule has 0 unspecified atom stereocenters. The van der Waals surface area contributed by atoms with Gasteiger partial charge in [0, 0.05) is 54.2 Å². The number of aliphatic carboxylic acids is 1. The first-order chi connectivity index (χ1) is 13.5. The van der Waals surface area contributed by atoms with Gasteiger partial charge in [0.15, 0.2) is 5.65 Å². The number of aromatic nitrogens is 4. The van der Waals surface area contributed by atoms with E-state index in [2.05, 4.69) is 16.1 Å². The van der Waals surface area contributed by atoms with E-state index in [4.69, 9.17) is 14.8 Å². The molecule has 0 saturated heterocycles. The third-order valence-corrected chi connectivity index (χ3v) is 4.26. The zero-order chi connectivity index (χ0) is 20.1. The predicted octanol–water partition coefficient (Wildman–Crippen LogP) is 3.62. The molecule has 0 atom stereocenters. The SMILES string of the molecule is CCn1ncc2c(-c3cncc(C)c3)c(C=CC=CC(=O)O)c(COC)nc21. The Morgan fingerprint density at radius 2 is 2.11 bits per heavy atom. The number of carboxylic acid groups (broad SMARTS) is 1. The van der Waals surface area contributed by atoms with Crippen LogP contribution in [0.3, 0.4) is 0 Å². The molecule has 0 amide bonds. The van der Waals surface area contributed by atoms with Gasteiger partial charge in [-0.3, -0.25) is 4.98 Å². The topological polar surface area (TPSA) is 90.1 Å². The Kier molecular flexibility index (Phi) is 5.96. The van der Waals surface area contributed by atoms with Crippen LogP contribution in [-0.4, -0.2) is 37.9 Å². The Labute approximate surface area is 163 Å². The van der Waals surface area contributed by atoms with Crippen LogP contribution >= 0.6 is 0 Å². The lowest BCUT2D eigenvalue weighted by molar-refractivity contribution is -0.131. The van der Waals surface area contributed by atoms with Gasteiger partial charge in [0.05, 0.1) is 18.5 Å². The lowest BCUT2D eigenvalue weighted by Crippen LogP contribution is -2.04. The van der Waals surface area contributed by atoms with Crippen molar-refractivity contribution in [3.63, 3.8) is 0 Å². The molecule has 0 radical (unpaired) electrons. The van der Waals surface area contributed by atoms with Crippen molar-refractivity contribution in [3.05, 3.63) is 59.7 Å². The van der Waals surface area contributed by atoms with Gasteiger partial charge in [-0.2, -0.15) is 5.10 Å². The Morgan fingerprint density at radius 1 is 1.29 bits per heavy atom. The highest BCUT2D eigenvalue weighted by atomic mass is 16.5. The summed E-state index contributed by atoms with van der Waals surface area (Å²) in [5, 5.41) is 14.2. The Balaban J connectivity index is 2.31. The fourth-order valence-electron chi connectivity index (χ4n) is 3.10. The van der Waals surface area contributed by atoms with Crippen LogP contribution in [0.2, 0.25) is 0 Å². The molecule has 0 spiro atoms. The number of hydrogen-bond donors (Lipinski definition) is 1. The van der Waals surface area contributed by atoms with Crippen LogP contribution in [0.4, 0.5) is 0 Å². The average Bonchev–Trinajstić information content (AvgIpc) is 3.07. The minimum absolute atomic E-state index is 0.319. The molecule has 3 heterocycles. The van der Waals surface area contributed by atoms with Gasteiger partial charge < -0.3 is 9.84 Å². The number of aryl methyl sites for hydroxylation is 2. The number of carboxylic acids is 1. The molecule has 144 valence electrons. The number of allylic oxidation sites excluding steroid dienone is 2. The summed E-state index contributed by atoms with van der Waals surface area (Å²) in [7, 11) is 1.62. The average molecular weight is 378 g/mol. The standard InChI is InChI=1S/C21H22N4O3/c1-4-25-21-17(12-23-25)20(15-9-14(2)10-22-11-15)16(18(24-21)13-28-3)7-5-6-8-19(26)27/h5-12H,4,13H2,1-3H3,(H,26,27). The predicted molar refractivity (Wildman–Crippen MR) is 108 cm³/mol. The van der Waals surface area contributed by atoms with Gasteiger partial charge in [-0.15, -0.1) is 0 Å². The molecule has 0 aromatic carbocycles. The molecule has 0 saturated carbocycles. The highest BCUT2D eigenvalue weighted by molar-refractivity contribution is 5.98. The van der Waals surface area contributed by atoms with Gasteiger partial charge in [0.2, 0.25) is 0 Å². The normalized spacial score (nSPS) is 11.8. The number of rotatable bonds is 7. The monoisotopic (exact) mass is 378 g/mol. The molecule has 7 heteroatoms. The van der Waals surface area contributed by atoms with Crippen molar-refractivity contribution in [2.45, 2.75) is 27.0 Å². The third-order valence-electron chi connectivity index (χ3n) is 4.26. The molecule has 0 aliphatic carbocycles. The third kappa shape index (κ3) is 3.99.